The molecule has 2 aromatic rings. The van der Waals surface area contributed by atoms with Crippen LogP contribution in [0, 0.1) is 0 Å². The van der Waals surface area contributed by atoms with Crippen LogP contribution < -0.4 is 0 Å². The lowest BCUT2D eigenvalue weighted by Gasteiger charge is -2.11. The summed E-state index contributed by atoms with van der Waals surface area (Å²) < 4.78 is 0. The Morgan fingerprint density at radius 1 is 1.29 bits per heavy atom. The summed E-state index contributed by atoms with van der Waals surface area (Å²) in [7, 11) is 0. The fraction of sp³-hybridized carbons (Fsp3) is 0.286. The van der Waals surface area contributed by atoms with Gasteiger partial charge in [-0.3, -0.25) is 14.8 Å². The van der Waals surface area contributed by atoms with Gasteiger partial charge in [-0.05, 0) is 36.1 Å². The van der Waals surface area contributed by atoms with Gasteiger partial charge in [0.2, 0.25) is 0 Å². The van der Waals surface area contributed by atoms with Gasteiger partial charge in [0, 0.05) is 30.3 Å². The minimum Gasteiger partial charge on any atom is -0.299 e. The van der Waals surface area contributed by atoms with Crippen LogP contribution in [0.4, 0.5) is 0 Å². The van der Waals surface area contributed by atoms with E-state index in [0.29, 0.717) is 19.4 Å². The number of allylic oxidation sites excluding steroid dienone is 2. The van der Waals surface area contributed by atoms with E-state index in [1.54, 1.807) is 0 Å². The van der Waals surface area contributed by atoms with Gasteiger partial charge in [0.1, 0.15) is 5.78 Å². The number of nitrogens with zero attached hydrogens (tertiary/aromatic N) is 2. The minimum absolute atomic E-state index is 0.228. The van der Waals surface area contributed by atoms with Crippen molar-refractivity contribution in [3.8, 4) is 0 Å². The van der Waals surface area contributed by atoms with Crippen molar-refractivity contribution in [2.24, 2.45) is 4.99 Å². The third kappa shape index (κ3) is 3.67. The third-order valence-electron chi connectivity index (χ3n) is 4.35. The maximum atomic E-state index is 12.4. The number of benzene rings is 1. The molecule has 2 heterocycles. The molecule has 0 unspecified atom stereocenters. The SMILES string of the molecule is C/C=C/C1=NCc2cc(CC(=O)C[C@H](C)c3ccccc3)ncc21. The molecule has 3 nitrogen and oxygen atoms in total. The molecule has 1 aromatic heterocycles. The molecule has 0 radical (unpaired) electrons. The smallest absolute Gasteiger partial charge is 0.139 e. The van der Waals surface area contributed by atoms with Crippen molar-refractivity contribution in [1.82, 2.24) is 4.98 Å². The Morgan fingerprint density at radius 3 is 2.83 bits per heavy atom. The molecule has 0 aliphatic carbocycles. The second kappa shape index (κ2) is 7.35. The zero-order chi connectivity index (χ0) is 16.9. The lowest BCUT2D eigenvalue weighted by molar-refractivity contribution is -0.118. The summed E-state index contributed by atoms with van der Waals surface area (Å²) >= 11 is 0. The van der Waals surface area contributed by atoms with Crippen LogP contribution in [0.25, 0.3) is 0 Å². The second-order valence-electron chi connectivity index (χ2n) is 6.27. The van der Waals surface area contributed by atoms with Crippen LogP contribution >= 0.6 is 0 Å². The molecule has 3 heteroatoms. The van der Waals surface area contributed by atoms with Gasteiger partial charge in [-0.2, -0.15) is 0 Å². The van der Waals surface area contributed by atoms with Crippen molar-refractivity contribution < 1.29 is 4.79 Å². The maximum absolute atomic E-state index is 12.4. The van der Waals surface area contributed by atoms with Crippen LogP contribution in [0.15, 0.2) is 59.7 Å². The summed E-state index contributed by atoms with van der Waals surface area (Å²) in [4.78, 5) is 21.4. The fourth-order valence-corrected chi connectivity index (χ4v) is 3.08. The molecule has 0 spiro atoms. The zero-order valence-corrected chi connectivity index (χ0v) is 14.2. The van der Waals surface area contributed by atoms with Crippen molar-refractivity contribution in [2.75, 3.05) is 0 Å². The molecule has 0 N–H and O–H groups in total. The summed E-state index contributed by atoms with van der Waals surface area (Å²) in [6.45, 7) is 4.76. The summed E-state index contributed by atoms with van der Waals surface area (Å²) in [5, 5.41) is 0. The van der Waals surface area contributed by atoms with Crippen molar-refractivity contribution in [3.05, 3.63) is 77.1 Å². The molecular weight excluding hydrogens is 296 g/mol. The molecule has 122 valence electrons. The standard InChI is InChI=1S/C21H22N2O/c1-3-7-21-20-14-22-18(11-17(20)13-23-21)12-19(24)10-15(2)16-8-5-4-6-9-16/h3-9,11,14-15H,10,12-13H2,1-2H3/b7-3+/t15-/m0/s1. The Bertz CT molecular complexity index is 791. The van der Waals surface area contributed by atoms with E-state index in [0.717, 1.165) is 22.5 Å². The molecule has 1 aliphatic heterocycles. The Hall–Kier alpha value is -2.55. The lowest BCUT2D eigenvalue weighted by Crippen LogP contribution is -2.09. The number of ketones is 1. The Morgan fingerprint density at radius 2 is 2.08 bits per heavy atom. The van der Waals surface area contributed by atoms with E-state index >= 15 is 0 Å². The van der Waals surface area contributed by atoms with Crippen LogP contribution in [0.2, 0.25) is 0 Å². The molecule has 1 atom stereocenters. The van der Waals surface area contributed by atoms with Gasteiger partial charge in [0.05, 0.1) is 12.3 Å². The number of hydrogen-bond acceptors (Lipinski definition) is 3. The number of carbonyl (C=O) groups is 1. The molecule has 1 aromatic carbocycles. The van der Waals surface area contributed by atoms with Crippen LogP contribution in [-0.4, -0.2) is 16.5 Å². The van der Waals surface area contributed by atoms with Gasteiger partial charge in [-0.25, -0.2) is 0 Å². The highest BCUT2D eigenvalue weighted by atomic mass is 16.1. The van der Waals surface area contributed by atoms with E-state index in [-0.39, 0.29) is 11.7 Å². The van der Waals surface area contributed by atoms with Crippen LogP contribution in [-0.2, 0) is 17.8 Å². The van der Waals surface area contributed by atoms with Crippen molar-refractivity contribution in [1.29, 1.82) is 0 Å². The van der Waals surface area contributed by atoms with Gasteiger partial charge < -0.3 is 0 Å². The second-order valence-corrected chi connectivity index (χ2v) is 6.27. The first-order valence-corrected chi connectivity index (χ1v) is 8.39. The minimum atomic E-state index is 0.228. The van der Waals surface area contributed by atoms with Gasteiger partial charge in [0.15, 0.2) is 0 Å². The largest absolute Gasteiger partial charge is 0.299 e. The van der Waals surface area contributed by atoms with Gasteiger partial charge in [0.25, 0.3) is 0 Å². The molecule has 0 bridgehead atoms. The number of Topliss-reactive ketones (excluding diaryl/α,β-unsaturated/α-hetero) is 1. The Kier molecular flexibility index (Phi) is 4.99. The number of aliphatic imine (C=N–C) groups is 1. The predicted molar refractivity (Wildman–Crippen MR) is 97.5 cm³/mol. The van der Waals surface area contributed by atoms with Crippen LogP contribution in [0.3, 0.4) is 0 Å². The first-order valence-electron chi connectivity index (χ1n) is 8.39. The number of carbonyl (C=O) groups excluding carboxylic acids is 1. The summed E-state index contributed by atoms with van der Waals surface area (Å²) in [6.07, 6.45) is 6.77. The highest BCUT2D eigenvalue weighted by molar-refractivity contribution is 6.11. The average molecular weight is 318 g/mol. The van der Waals surface area contributed by atoms with E-state index in [2.05, 4.69) is 29.0 Å². The molecule has 0 amide bonds. The van der Waals surface area contributed by atoms with E-state index in [1.807, 2.05) is 49.5 Å². The van der Waals surface area contributed by atoms with Crippen molar-refractivity contribution in [3.63, 3.8) is 0 Å². The van der Waals surface area contributed by atoms with E-state index in [4.69, 9.17) is 0 Å². The first-order chi connectivity index (χ1) is 11.7. The topological polar surface area (TPSA) is 42.3 Å². The van der Waals surface area contributed by atoms with E-state index in [1.165, 1.54) is 5.56 Å². The van der Waals surface area contributed by atoms with Gasteiger partial charge >= 0.3 is 0 Å². The number of rotatable bonds is 6. The monoisotopic (exact) mass is 318 g/mol. The highest BCUT2D eigenvalue weighted by Gasteiger charge is 2.17. The zero-order valence-electron chi connectivity index (χ0n) is 14.2. The summed E-state index contributed by atoms with van der Waals surface area (Å²) in [5.74, 6) is 0.462. The number of hydrogen-bond donors (Lipinski definition) is 0. The third-order valence-corrected chi connectivity index (χ3v) is 4.35. The normalized spacial score (nSPS) is 14.5. The van der Waals surface area contributed by atoms with Crippen LogP contribution in [0.1, 0.15) is 48.6 Å². The predicted octanol–water partition coefficient (Wildman–Crippen LogP) is 4.27. The number of pyridine rings is 1. The molecule has 0 fully saturated rings. The average Bonchev–Trinajstić information content (AvgIpc) is 2.98. The molecule has 3 rings (SSSR count). The Balaban J connectivity index is 1.64. The van der Waals surface area contributed by atoms with E-state index in [9.17, 15) is 4.79 Å². The Labute approximate surface area is 143 Å². The quantitative estimate of drug-likeness (QED) is 0.798. The molecule has 24 heavy (non-hydrogen) atoms. The van der Waals surface area contributed by atoms with E-state index < -0.39 is 0 Å². The first kappa shape index (κ1) is 16.3. The van der Waals surface area contributed by atoms with Crippen molar-refractivity contribution >= 4 is 11.5 Å². The fourth-order valence-electron chi connectivity index (χ4n) is 3.08. The number of fused-ring (bicyclic) bond motifs is 1. The molecule has 0 saturated carbocycles. The summed E-state index contributed by atoms with van der Waals surface area (Å²) in [5.41, 5.74) is 5.28. The van der Waals surface area contributed by atoms with Crippen molar-refractivity contribution in [2.45, 2.75) is 39.2 Å². The maximum Gasteiger partial charge on any atom is 0.139 e. The molecule has 1 aliphatic rings. The molecule has 0 saturated heterocycles. The summed E-state index contributed by atoms with van der Waals surface area (Å²) in [6, 6.07) is 12.2. The lowest BCUT2D eigenvalue weighted by atomic mass is 9.94. The van der Waals surface area contributed by atoms with Gasteiger partial charge in [-0.1, -0.05) is 43.3 Å². The number of aromatic nitrogens is 1. The molecular formula is C21H22N2O. The van der Waals surface area contributed by atoms with Gasteiger partial charge in [-0.15, -0.1) is 0 Å². The highest BCUT2D eigenvalue weighted by Crippen LogP contribution is 2.22. The van der Waals surface area contributed by atoms with Crippen LogP contribution in [0.5, 0.6) is 0 Å².